The fourth-order valence-electron chi connectivity index (χ4n) is 2.33. The predicted molar refractivity (Wildman–Crippen MR) is 92.1 cm³/mol. The van der Waals surface area contributed by atoms with Gasteiger partial charge in [-0.15, -0.1) is 10.2 Å². The number of nitrogens with one attached hydrogen (secondary N) is 1. The summed E-state index contributed by atoms with van der Waals surface area (Å²) < 4.78 is 0.816. The van der Waals surface area contributed by atoms with Gasteiger partial charge >= 0.3 is 0 Å². The maximum absolute atomic E-state index is 11.9. The van der Waals surface area contributed by atoms with Gasteiger partial charge in [-0.2, -0.15) is 0 Å². The maximum atomic E-state index is 11.9. The Balaban J connectivity index is 1.90. The number of hydrogen-bond donors (Lipinski definition) is 2. The molecule has 3 rings (SSSR count). The zero-order chi connectivity index (χ0) is 16.4. The molecule has 2 N–H and O–H groups in total. The number of benzene rings is 2. The molecule has 23 heavy (non-hydrogen) atoms. The second kappa shape index (κ2) is 6.34. The number of aromatic amines is 1. The number of amides is 1. The summed E-state index contributed by atoms with van der Waals surface area (Å²) in [7, 11) is 0. The number of carbonyl (C=O) groups is 1. The molecule has 1 amide bonds. The average Bonchev–Trinajstić information content (AvgIpc) is 2.86. The van der Waals surface area contributed by atoms with Gasteiger partial charge in [-0.25, -0.2) is 0 Å². The van der Waals surface area contributed by atoms with Crippen LogP contribution in [0.2, 0.25) is 0 Å². The molecule has 0 radical (unpaired) electrons. The van der Waals surface area contributed by atoms with Gasteiger partial charge < -0.3 is 10.1 Å². The van der Waals surface area contributed by atoms with E-state index in [0.29, 0.717) is 5.39 Å². The number of carbonyl (C=O) groups excluding carboxylic acids is 1. The fourth-order valence-corrected chi connectivity index (χ4v) is 2.86. The Bertz CT molecular complexity index is 901. The number of H-pyrrole nitrogens is 1. The van der Waals surface area contributed by atoms with Crippen LogP contribution in [0.15, 0.2) is 57.2 Å². The summed E-state index contributed by atoms with van der Waals surface area (Å²) in [5, 5.41) is 18.4. The quantitative estimate of drug-likeness (QED) is 0.648. The lowest BCUT2D eigenvalue weighted by Crippen LogP contribution is -1.97. The lowest BCUT2D eigenvalue weighted by atomic mass is 10.1. The molecule has 1 heterocycles. The molecule has 0 saturated carbocycles. The molecule has 6 heteroatoms. The lowest BCUT2D eigenvalue weighted by molar-refractivity contribution is -0.117. The summed E-state index contributed by atoms with van der Waals surface area (Å²) in [6.45, 7) is 1.94. The number of nitrogens with zero attached hydrogens (tertiary/aromatic N) is 2. The normalized spacial score (nSPS) is 11.4. The first kappa shape index (κ1) is 15.4. The van der Waals surface area contributed by atoms with Crippen molar-refractivity contribution in [2.45, 2.75) is 13.3 Å². The Kier molecular flexibility index (Phi) is 4.25. The van der Waals surface area contributed by atoms with Gasteiger partial charge in [0.25, 0.3) is 5.91 Å². The third-order valence-corrected chi connectivity index (χ3v) is 4.53. The van der Waals surface area contributed by atoms with Gasteiger partial charge in [0, 0.05) is 9.86 Å². The minimum Gasteiger partial charge on any atom is -0.493 e. The van der Waals surface area contributed by atoms with Crippen LogP contribution in [0, 0.1) is 6.92 Å². The molecule has 2 aromatic carbocycles. The number of azo groups is 1. The van der Waals surface area contributed by atoms with Crippen LogP contribution in [-0.4, -0.2) is 16.0 Å². The van der Waals surface area contributed by atoms with Crippen LogP contribution < -0.4 is 0 Å². The van der Waals surface area contributed by atoms with Gasteiger partial charge in [0.15, 0.2) is 5.69 Å². The number of rotatable bonds is 3. The number of aromatic hydroxyl groups is 1. The van der Waals surface area contributed by atoms with E-state index in [-0.39, 0.29) is 23.9 Å². The van der Waals surface area contributed by atoms with Crippen molar-refractivity contribution in [3.8, 4) is 5.88 Å². The topological polar surface area (TPSA) is 77.8 Å². The number of aryl methyl sites for hydroxylation is 1. The van der Waals surface area contributed by atoms with Gasteiger partial charge in [0.2, 0.25) is 5.88 Å². The molecule has 0 bridgehead atoms. The molecule has 0 unspecified atom stereocenters. The first-order valence-corrected chi connectivity index (χ1v) is 7.84. The van der Waals surface area contributed by atoms with E-state index in [1.165, 1.54) is 0 Å². The molecular weight excluding hydrogens is 358 g/mol. The Morgan fingerprint density at radius 1 is 1.22 bits per heavy atom. The van der Waals surface area contributed by atoms with Crippen LogP contribution in [-0.2, 0) is 11.2 Å². The van der Waals surface area contributed by atoms with E-state index in [4.69, 9.17) is 0 Å². The van der Waals surface area contributed by atoms with Crippen LogP contribution in [0.25, 0.3) is 10.9 Å². The van der Waals surface area contributed by atoms with Crippen molar-refractivity contribution in [1.82, 2.24) is 4.98 Å². The molecule has 116 valence electrons. The summed E-state index contributed by atoms with van der Waals surface area (Å²) in [4.78, 5) is 14.8. The third kappa shape index (κ3) is 3.17. The van der Waals surface area contributed by atoms with Crippen LogP contribution >= 0.6 is 15.9 Å². The SMILES string of the molecule is Cc1ccc2[nH]c(O)c(N=NC(=O)Cc3ccccc3)c2c1Br. The average molecular weight is 372 g/mol. The van der Waals surface area contributed by atoms with E-state index in [9.17, 15) is 9.90 Å². The predicted octanol–water partition coefficient (Wildman–Crippen LogP) is 4.80. The third-order valence-electron chi connectivity index (χ3n) is 3.51. The van der Waals surface area contributed by atoms with E-state index in [0.717, 1.165) is 21.1 Å². The monoisotopic (exact) mass is 371 g/mol. The fraction of sp³-hybridized carbons (Fsp3) is 0.118. The zero-order valence-electron chi connectivity index (χ0n) is 12.4. The molecule has 1 aromatic heterocycles. The molecule has 0 aliphatic heterocycles. The van der Waals surface area contributed by atoms with Crippen LogP contribution in [0.4, 0.5) is 5.69 Å². The number of fused-ring (bicyclic) bond motifs is 1. The molecular formula is C17H14BrN3O2. The van der Waals surface area contributed by atoms with Gasteiger partial charge in [-0.1, -0.05) is 36.4 Å². The first-order valence-electron chi connectivity index (χ1n) is 7.04. The number of aromatic nitrogens is 1. The first-order chi connectivity index (χ1) is 11.1. The zero-order valence-corrected chi connectivity index (χ0v) is 14.0. The van der Waals surface area contributed by atoms with Crippen molar-refractivity contribution in [1.29, 1.82) is 0 Å². The molecule has 5 nitrogen and oxygen atoms in total. The molecule has 0 saturated heterocycles. The van der Waals surface area contributed by atoms with Crippen LogP contribution in [0.3, 0.4) is 0 Å². The van der Waals surface area contributed by atoms with Crippen molar-refractivity contribution in [3.05, 3.63) is 58.1 Å². The summed E-state index contributed by atoms with van der Waals surface area (Å²) in [6.07, 6.45) is 0.174. The van der Waals surface area contributed by atoms with Gasteiger partial charge in [-0.05, 0) is 40.0 Å². The smallest absolute Gasteiger partial charge is 0.269 e. The van der Waals surface area contributed by atoms with E-state index in [2.05, 4.69) is 31.1 Å². The summed E-state index contributed by atoms with van der Waals surface area (Å²) in [5.74, 6) is -0.476. The van der Waals surface area contributed by atoms with E-state index in [1.54, 1.807) is 0 Å². The summed E-state index contributed by atoms with van der Waals surface area (Å²) in [5.41, 5.74) is 2.86. The Hall–Kier alpha value is -2.47. The van der Waals surface area contributed by atoms with Crippen molar-refractivity contribution >= 4 is 38.4 Å². The van der Waals surface area contributed by atoms with E-state index >= 15 is 0 Å². The summed E-state index contributed by atoms with van der Waals surface area (Å²) >= 11 is 3.49. The second-order valence-corrected chi connectivity index (χ2v) is 5.99. The Labute approximate surface area is 141 Å². The van der Waals surface area contributed by atoms with Crippen LogP contribution in [0.1, 0.15) is 11.1 Å². The molecule has 0 spiro atoms. The Morgan fingerprint density at radius 3 is 2.70 bits per heavy atom. The highest BCUT2D eigenvalue weighted by atomic mass is 79.9. The standard InChI is InChI=1S/C17H14BrN3O2/c1-10-7-8-12-14(15(10)18)16(17(23)19-12)21-20-13(22)9-11-5-3-2-4-6-11/h2-8,19,23H,9H2,1H3. The molecule has 0 atom stereocenters. The molecule has 3 aromatic rings. The Morgan fingerprint density at radius 2 is 1.96 bits per heavy atom. The minimum atomic E-state index is -0.367. The highest BCUT2D eigenvalue weighted by Crippen LogP contribution is 2.41. The van der Waals surface area contributed by atoms with Crippen molar-refractivity contribution in [3.63, 3.8) is 0 Å². The van der Waals surface area contributed by atoms with Crippen LogP contribution in [0.5, 0.6) is 5.88 Å². The largest absolute Gasteiger partial charge is 0.493 e. The van der Waals surface area contributed by atoms with E-state index < -0.39 is 0 Å². The second-order valence-electron chi connectivity index (χ2n) is 5.20. The number of halogens is 1. The van der Waals surface area contributed by atoms with Gasteiger partial charge in [0.1, 0.15) is 0 Å². The van der Waals surface area contributed by atoms with E-state index in [1.807, 2.05) is 49.4 Å². The summed E-state index contributed by atoms with van der Waals surface area (Å²) in [6, 6.07) is 13.1. The number of hydrogen-bond acceptors (Lipinski definition) is 3. The lowest BCUT2D eigenvalue weighted by Gasteiger charge is -2.00. The molecule has 0 aliphatic carbocycles. The maximum Gasteiger partial charge on any atom is 0.269 e. The van der Waals surface area contributed by atoms with Crippen molar-refractivity contribution in [2.75, 3.05) is 0 Å². The van der Waals surface area contributed by atoms with Crippen molar-refractivity contribution in [2.24, 2.45) is 10.2 Å². The van der Waals surface area contributed by atoms with Crippen molar-refractivity contribution < 1.29 is 9.90 Å². The minimum absolute atomic E-state index is 0.109. The molecule has 0 fully saturated rings. The highest BCUT2D eigenvalue weighted by Gasteiger charge is 2.15. The van der Waals surface area contributed by atoms with Gasteiger partial charge in [0.05, 0.1) is 11.9 Å². The highest BCUT2D eigenvalue weighted by molar-refractivity contribution is 9.10. The molecule has 0 aliphatic rings. The van der Waals surface area contributed by atoms with Gasteiger partial charge in [-0.3, -0.25) is 4.79 Å².